The molecular formula is C24H16ClFN4O4S. The highest BCUT2D eigenvalue weighted by Gasteiger charge is 2.32. The third-order valence-corrected chi connectivity index (χ3v) is 7.41. The number of aromatic carboxylic acids is 1. The minimum absolute atomic E-state index is 0.00877. The van der Waals surface area contributed by atoms with Crippen molar-refractivity contribution in [3.63, 3.8) is 0 Å². The molecule has 2 aromatic carbocycles. The Bertz CT molecular complexity index is 1760. The molecule has 0 spiro atoms. The average molecular weight is 511 g/mol. The molecule has 3 aromatic heterocycles. The fourth-order valence-corrected chi connectivity index (χ4v) is 5.73. The topological polar surface area (TPSA) is 123 Å². The number of nitrogen functional groups attached to an aromatic ring is 1. The summed E-state index contributed by atoms with van der Waals surface area (Å²) in [7, 11) is 0. The molecule has 1 aliphatic heterocycles. The summed E-state index contributed by atoms with van der Waals surface area (Å²) in [5.74, 6) is -1.18. The third-order valence-electron chi connectivity index (χ3n) is 6.24. The van der Waals surface area contributed by atoms with Crippen LogP contribution in [0.1, 0.15) is 21.6 Å². The van der Waals surface area contributed by atoms with Crippen LogP contribution < -0.4 is 16.0 Å². The van der Waals surface area contributed by atoms with Crippen molar-refractivity contribution in [2.45, 2.75) is 13.0 Å². The van der Waals surface area contributed by atoms with E-state index in [4.69, 9.17) is 22.1 Å². The molecule has 4 heterocycles. The summed E-state index contributed by atoms with van der Waals surface area (Å²) in [6, 6.07) is 7.90. The first-order valence-corrected chi connectivity index (χ1v) is 11.7. The number of benzene rings is 2. The predicted molar refractivity (Wildman–Crippen MR) is 132 cm³/mol. The highest BCUT2D eigenvalue weighted by molar-refractivity contribution is 7.13. The number of aromatic nitrogens is 3. The first kappa shape index (κ1) is 21.6. The van der Waals surface area contributed by atoms with Crippen molar-refractivity contribution in [1.82, 2.24) is 13.9 Å². The fourth-order valence-electron chi connectivity index (χ4n) is 4.71. The van der Waals surface area contributed by atoms with Gasteiger partial charge in [-0.3, -0.25) is 4.79 Å². The molecule has 0 amide bonds. The van der Waals surface area contributed by atoms with E-state index in [0.717, 1.165) is 4.70 Å². The number of nitrogens with two attached hydrogens (primary N) is 1. The van der Waals surface area contributed by atoms with Gasteiger partial charge in [-0.25, -0.2) is 9.18 Å². The molecule has 1 aliphatic rings. The molecule has 0 aliphatic carbocycles. The van der Waals surface area contributed by atoms with Crippen LogP contribution in [0.5, 0.6) is 5.75 Å². The molecule has 4 N–H and O–H groups in total. The first-order valence-electron chi connectivity index (χ1n) is 10.6. The van der Waals surface area contributed by atoms with Crippen LogP contribution in [-0.2, 0) is 13.0 Å². The average Bonchev–Trinajstić information content (AvgIpc) is 3.52. The Kier molecular flexibility index (Phi) is 4.83. The maximum atomic E-state index is 15.1. The Labute approximate surface area is 205 Å². The van der Waals surface area contributed by atoms with Gasteiger partial charge >= 0.3 is 5.97 Å². The van der Waals surface area contributed by atoms with Gasteiger partial charge in [0.2, 0.25) is 0 Å². The molecular weight excluding hydrogens is 495 g/mol. The number of H-pyrrole nitrogens is 1. The van der Waals surface area contributed by atoms with Crippen LogP contribution in [0.25, 0.3) is 32.1 Å². The van der Waals surface area contributed by atoms with E-state index in [0.29, 0.717) is 39.2 Å². The zero-order valence-electron chi connectivity index (χ0n) is 17.9. The molecule has 176 valence electrons. The summed E-state index contributed by atoms with van der Waals surface area (Å²) in [5.41, 5.74) is 6.87. The lowest BCUT2D eigenvalue weighted by atomic mass is 10.00. The highest BCUT2D eigenvalue weighted by Crippen LogP contribution is 2.45. The quantitative estimate of drug-likeness (QED) is 0.323. The smallest absolute Gasteiger partial charge is 0.353 e. The van der Waals surface area contributed by atoms with Crippen molar-refractivity contribution >= 4 is 55.9 Å². The van der Waals surface area contributed by atoms with Gasteiger partial charge in [-0.1, -0.05) is 11.6 Å². The van der Waals surface area contributed by atoms with Gasteiger partial charge in [0, 0.05) is 40.7 Å². The number of hydrogen-bond donors (Lipinski definition) is 3. The van der Waals surface area contributed by atoms with Crippen molar-refractivity contribution in [3.05, 3.63) is 74.5 Å². The second-order valence-electron chi connectivity index (χ2n) is 8.19. The molecule has 0 fully saturated rings. The van der Waals surface area contributed by atoms with Gasteiger partial charge in [0.05, 0.1) is 27.8 Å². The molecule has 35 heavy (non-hydrogen) atoms. The van der Waals surface area contributed by atoms with Gasteiger partial charge in [-0.15, -0.1) is 0 Å². The summed E-state index contributed by atoms with van der Waals surface area (Å²) >= 11 is 7.75. The monoisotopic (exact) mass is 510 g/mol. The first-order chi connectivity index (χ1) is 16.8. The minimum Gasteiger partial charge on any atom is -0.492 e. The number of anilines is 1. The van der Waals surface area contributed by atoms with Crippen molar-refractivity contribution in [2.24, 2.45) is 0 Å². The lowest BCUT2D eigenvalue weighted by molar-refractivity contribution is 0.0687. The molecule has 8 nitrogen and oxygen atoms in total. The van der Waals surface area contributed by atoms with Gasteiger partial charge in [0.15, 0.2) is 0 Å². The zero-order chi connectivity index (χ0) is 24.4. The maximum absolute atomic E-state index is 15.1. The van der Waals surface area contributed by atoms with Gasteiger partial charge in [-0.05, 0) is 47.4 Å². The Morgan fingerprint density at radius 2 is 2.20 bits per heavy atom. The van der Waals surface area contributed by atoms with E-state index < -0.39 is 17.3 Å². The number of halogens is 2. The largest absolute Gasteiger partial charge is 0.492 e. The van der Waals surface area contributed by atoms with Crippen LogP contribution in [0, 0.1) is 5.82 Å². The number of carboxylic acid groups (broad SMARTS) is 1. The van der Waals surface area contributed by atoms with Crippen molar-refractivity contribution < 1.29 is 19.0 Å². The molecule has 0 saturated heterocycles. The number of aromatic amines is 1. The van der Waals surface area contributed by atoms with Crippen LogP contribution in [0.15, 0.2) is 41.3 Å². The van der Waals surface area contributed by atoms with Crippen LogP contribution in [0.3, 0.4) is 0 Å². The molecule has 0 atom stereocenters. The number of pyridine rings is 1. The lowest BCUT2D eigenvalue weighted by Gasteiger charge is -2.12. The number of nitrogens with zero attached hydrogens (tertiary/aromatic N) is 2. The Morgan fingerprint density at radius 1 is 1.37 bits per heavy atom. The van der Waals surface area contributed by atoms with E-state index in [-0.39, 0.29) is 41.2 Å². The number of rotatable bonds is 4. The van der Waals surface area contributed by atoms with E-state index >= 15 is 4.39 Å². The normalized spacial score (nSPS) is 12.9. The molecule has 0 bridgehead atoms. The number of ether oxygens (including phenoxy) is 1. The van der Waals surface area contributed by atoms with E-state index in [1.54, 1.807) is 18.2 Å². The summed E-state index contributed by atoms with van der Waals surface area (Å²) in [4.78, 5) is 28.0. The fraction of sp³-hybridized carbons (Fsp3) is 0.125. The molecule has 5 aromatic rings. The van der Waals surface area contributed by atoms with E-state index in [1.807, 2.05) is 0 Å². The Hall–Kier alpha value is -3.89. The van der Waals surface area contributed by atoms with Gasteiger partial charge in [0.25, 0.3) is 5.56 Å². The van der Waals surface area contributed by atoms with Crippen molar-refractivity contribution in [1.29, 1.82) is 0 Å². The molecule has 0 radical (unpaired) electrons. The van der Waals surface area contributed by atoms with Crippen molar-refractivity contribution in [2.75, 3.05) is 12.3 Å². The lowest BCUT2D eigenvalue weighted by Crippen LogP contribution is -2.13. The molecule has 6 rings (SSSR count). The summed E-state index contributed by atoms with van der Waals surface area (Å²) < 4.78 is 27.3. The van der Waals surface area contributed by atoms with Gasteiger partial charge in [-0.2, -0.15) is 4.37 Å². The summed E-state index contributed by atoms with van der Waals surface area (Å²) in [6.45, 7) is 0.252. The molecule has 0 saturated carbocycles. The SMILES string of the molecule is Nc1nsc2cc(Cl)c(Cn3c(C(=O)O)c(-c4ccc[nH]c4=O)c4c5c(c(F)cc43)CCO5)cc12. The Balaban J connectivity index is 1.71. The third kappa shape index (κ3) is 3.21. The molecule has 11 heteroatoms. The van der Waals surface area contributed by atoms with Crippen molar-refractivity contribution in [3.8, 4) is 16.9 Å². The highest BCUT2D eigenvalue weighted by atomic mass is 35.5. The predicted octanol–water partition coefficient (Wildman–Crippen LogP) is 4.66. The molecule has 0 unspecified atom stereocenters. The minimum atomic E-state index is -1.28. The van der Waals surface area contributed by atoms with Gasteiger partial charge < -0.3 is 25.1 Å². The van der Waals surface area contributed by atoms with E-state index in [2.05, 4.69) is 9.36 Å². The number of hydrogen-bond acceptors (Lipinski definition) is 6. The number of carbonyl (C=O) groups is 1. The van der Waals surface area contributed by atoms with Crippen LogP contribution in [0.2, 0.25) is 5.02 Å². The second-order valence-corrected chi connectivity index (χ2v) is 9.41. The van der Waals surface area contributed by atoms with Crippen LogP contribution in [0.4, 0.5) is 10.2 Å². The van der Waals surface area contributed by atoms with Crippen LogP contribution >= 0.6 is 23.1 Å². The number of nitrogens with one attached hydrogen (secondary N) is 1. The van der Waals surface area contributed by atoms with Crippen LogP contribution in [-0.4, -0.2) is 31.6 Å². The standard InChI is InChI=1S/C24H16ClFN4O4S/c25-14-7-17-13(22(27)29-35-17)6-10(14)9-30-16-8-15(26)11-3-5-34-21(11)19(16)18(20(30)24(32)33)12-2-1-4-28-23(12)31/h1-2,4,6-8H,3,5,9H2,(H2,27,29)(H,28,31)(H,32,33). The summed E-state index contributed by atoms with van der Waals surface area (Å²) in [6.07, 6.45) is 1.81. The Morgan fingerprint density at radius 3 is 2.97 bits per heavy atom. The maximum Gasteiger partial charge on any atom is 0.353 e. The number of carboxylic acids is 1. The van der Waals surface area contributed by atoms with E-state index in [9.17, 15) is 14.7 Å². The second kappa shape index (κ2) is 7.82. The number of fused-ring (bicyclic) bond motifs is 4. The van der Waals surface area contributed by atoms with Gasteiger partial charge in [0.1, 0.15) is 23.1 Å². The van der Waals surface area contributed by atoms with E-state index in [1.165, 1.54) is 34.4 Å². The zero-order valence-corrected chi connectivity index (χ0v) is 19.5. The summed E-state index contributed by atoms with van der Waals surface area (Å²) in [5, 5.41) is 11.8.